The molecular formula is C14H10BrN5O. The lowest BCUT2D eigenvalue weighted by Gasteiger charge is -2.00. The minimum atomic E-state index is -0.314. The molecule has 3 heterocycles. The van der Waals surface area contributed by atoms with E-state index in [1.165, 1.54) is 0 Å². The van der Waals surface area contributed by atoms with E-state index >= 15 is 0 Å². The van der Waals surface area contributed by atoms with Gasteiger partial charge < -0.3 is 4.57 Å². The van der Waals surface area contributed by atoms with Crippen LogP contribution in [-0.2, 0) is 7.05 Å². The molecule has 0 amide bonds. The van der Waals surface area contributed by atoms with Crippen molar-refractivity contribution in [3.63, 3.8) is 0 Å². The van der Waals surface area contributed by atoms with E-state index in [4.69, 9.17) is 0 Å². The maximum Gasteiger partial charge on any atom is 0.301 e. The molecule has 0 radical (unpaired) electrons. The summed E-state index contributed by atoms with van der Waals surface area (Å²) in [6, 6.07) is 9.78. The molecule has 0 atom stereocenters. The van der Waals surface area contributed by atoms with E-state index in [1.807, 2.05) is 37.4 Å². The predicted molar refractivity (Wildman–Crippen MR) is 83.2 cm³/mol. The van der Waals surface area contributed by atoms with Gasteiger partial charge in [0, 0.05) is 23.2 Å². The Bertz CT molecular complexity index is 1040. The van der Waals surface area contributed by atoms with Gasteiger partial charge in [0.25, 0.3) is 0 Å². The normalized spacial score (nSPS) is 11.5. The van der Waals surface area contributed by atoms with Gasteiger partial charge >= 0.3 is 5.56 Å². The first kappa shape index (κ1) is 12.3. The Morgan fingerprint density at radius 2 is 2.14 bits per heavy atom. The number of fused-ring (bicyclic) bond motifs is 3. The van der Waals surface area contributed by atoms with Crippen molar-refractivity contribution >= 4 is 32.7 Å². The number of halogens is 1. The SMILES string of the molecule is Cn1cnc2c(=O)nc3cc(-c4cccc(Br)c4)[nH]n3c21. The third kappa shape index (κ3) is 1.81. The van der Waals surface area contributed by atoms with Gasteiger partial charge in [-0.1, -0.05) is 28.1 Å². The van der Waals surface area contributed by atoms with E-state index in [0.717, 1.165) is 15.7 Å². The van der Waals surface area contributed by atoms with Crippen LogP contribution in [0.1, 0.15) is 0 Å². The van der Waals surface area contributed by atoms with E-state index in [0.29, 0.717) is 16.8 Å². The maximum atomic E-state index is 12.0. The second-order valence-electron chi connectivity index (χ2n) is 4.82. The van der Waals surface area contributed by atoms with Crippen molar-refractivity contribution in [3.05, 3.63) is 51.5 Å². The number of imidazole rings is 1. The highest BCUT2D eigenvalue weighted by Crippen LogP contribution is 2.23. The average Bonchev–Trinajstić information content (AvgIpc) is 3.03. The van der Waals surface area contributed by atoms with E-state index in [-0.39, 0.29) is 5.56 Å². The molecule has 1 N–H and O–H groups in total. The molecule has 0 spiro atoms. The van der Waals surface area contributed by atoms with Crippen LogP contribution >= 0.6 is 15.9 Å². The van der Waals surface area contributed by atoms with Crippen molar-refractivity contribution in [2.75, 3.05) is 0 Å². The molecule has 4 aromatic rings. The molecule has 4 rings (SSSR count). The first-order valence-electron chi connectivity index (χ1n) is 6.32. The zero-order valence-corrected chi connectivity index (χ0v) is 12.6. The Morgan fingerprint density at radius 1 is 1.29 bits per heavy atom. The Kier molecular flexibility index (Phi) is 2.52. The summed E-state index contributed by atoms with van der Waals surface area (Å²) in [6.07, 6.45) is 1.61. The van der Waals surface area contributed by atoms with Crippen LogP contribution in [0.25, 0.3) is 28.1 Å². The van der Waals surface area contributed by atoms with Gasteiger partial charge in [-0.3, -0.25) is 9.89 Å². The third-order valence-electron chi connectivity index (χ3n) is 3.41. The minimum absolute atomic E-state index is 0.314. The number of hydrogen-bond acceptors (Lipinski definition) is 3. The smallest absolute Gasteiger partial charge is 0.301 e. The number of H-pyrrole nitrogens is 1. The Morgan fingerprint density at radius 3 is 2.95 bits per heavy atom. The first-order chi connectivity index (χ1) is 10.1. The first-order valence-corrected chi connectivity index (χ1v) is 7.11. The topological polar surface area (TPSA) is 68.0 Å². The fraction of sp³-hybridized carbons (Fsp3) is 0.0714. The Balaban J connectivity index is 2.08. The number of nitrogens with one attached hydrogen (secondary N) is 1. The van der Waals surface area contributed by atoms with Crippen LogP contribution < -0.4 is 5.56 Å². The van der Waals surface area contributed by atoms with Crippen LogP contribution in [0.3, 0.4) is 0 Å². The van der Waals surface area contributed by atoms with Gasteiger partial charge in [-0.15, -0.1) is 0 Å². The van der Waals surface area contributed by atoms with Crippen LogP contribution in [0.2, 0.25) is 0 Å². The van der Waals surface area contributed by atoms with Crippen molar-refractivity contribution < 1.29 is 0 Å². The lowest BCUT2D eigenvalue weighted by molar-refractivity contribution is 0.875. The fourth-order valence-corrected chi connectivity index (χ4v) is 2.85. The standard InChI is InChI=1S/C14H10BrN5O/c1-19-7-16-12-13(21)17-11-6-10(18-20(11)14(12)19)8-3-2-4-9(15)5-8/h2-7,18H,1H3. The fourth-order valence-electron chi connectivity index (χ4n) is 2.45. The number of hydrogen-bond donors (Lipinski definition) is 1. The Labute approximate surface area is 127 Å². The van der Waals surface area contributed by atoms with Crippen molar-refractivity contribution in [3.8, 4) is 11.3 Å². The van der Waals surface area contributed by atoms with Crippen LogP contribution in [0.5, 0.6) is 0 Å². The summed E-state index contributed by atoms with van der Waals surface area (Å²) in [7, 11) is 1.85. The maximum absolute atomic E-state index is 12.0. The molecule has 1 aromatic carbocycles. The number of aromatic amines is 1. The number of aromatic nitrogens is 5. The molecule has 0 saturated carbocycles. The summed E-state index contributed by atoms with van der Waals surface area (Å²) in [6.45, 7) is 0. The molecule has 0 bridgehead atoms. The zero-order valence-electron chi connectivity index (χ0n) is 11.0. The second-order valence-corrected chi connectivity index (χ2v) is 5.73. The average molecular weight is 344 g/mol. The summed E-state index contributed by atoms with van der Waals surface area (Å²) in [5.74, 6) is 0. The van der Waals surface area contributed by atoms with Crippen molar-refractivity contribution in [1.29, 1.82) is 0 Å². The van der Waals surface area contributed by atoms with Crippen LogP contribution in [-0.4, -0.2) is 24.1 Å². The molecule has 0 saturated heterocycles. The third-order valence-corrected chi connectivity index (χ3v) is 3.90. The summed E-state index contributed by atoms with van der Waals surface area (Å²) in [5.41, 5.74) is 3.22. The molecule has 0 fully saturated rings. The quantitative estimate of drug-likeness (QED) is 0.576. The minimum Gasteiger partial charge on any atom is -0.318 e. The lowest BCUT2D eigenvalue weighted by atomic mass is 10.2. The highest BCUT2D eigenvalue weighted by molar-refractivity contribution is 9.10. The van der Waals surface area contributed by atoms with Gasteiger partial charge in [-0.05, 0) is 12.1 Å². The van der Waals surface area contributed by atoms with Gasteiger partial charge in [0.15, 0.2) is 16.8 Å². The lowest BCUT2D eigenvalue weighted by Crippen LogP contribution is -2.10. The summed E-state index contributed by atoms with van der Waals surface area (Å²) < 4.78 is 4.57. The molecule has 104 valence electrons. The van der Waals surface area contributed by atoms with Crippen LogP contribution in [0, 0.1) is 0 Å². The van der Waals surface area contributed by atoms with E-state index in [1.54, 1.807) is 15.4 Å². The Hall–Kier alpha value is -2.41. The number of rotatable bonds is 1. The van der Waals surface area contributed by atoms with E-state index < -0.39 is 0 Å². The van der Waals surface area contributed by atoms with E-state index in [2.05, 4.69) is 31.0 Å². The van der Waals surface area contributed by atoms with Crippen LogP contribution in [0.4, 0.5) is 0 Å². The second kappa shape index (κ2) is 4.29. The van der Waals surface area contributed by atoms with Crippen molar-refractivity contribution in [2.24, 2.45) is 7.05 Å². The van der Waals surface area contributed by atoms with Crippen molar-refractivity contribution in [1.82, 2.24) is 24.1 Å². The molecule has 0 aliphatic rings. The molecule has 3 aromatic heterocycles. The molecule has 21 heavy (non-hydrogen) atoms. The molecule has 7 heteroatoms. The van der Waals surface area contributed by atoms with Gasteiger partial charge in [-0.25, -0.2) is 9.50 Å². The monoisotopic (exact) mass is 343 g/mol. The summed E-state index contributed by atoms with van der Waals surface area (Å²) >= 11 is 3.46. The highest BCUT2D eigenvalue weighted by atomic mass is 79.9. The molecule has 0 aliphatic heterocycles. The molecule has 0 unspecified atom stereocenters. The summed E-state index contributed by atoms with van der Waals surface area (Å²) in [5, 5.41) is 3.27. The van der Waals surface area contributed by atoms with Gasteiger partial charge in [0.1, 0.15) is 0 Å². The van der Waals surface area contributed by atoms with Crippen LogP contribution in [0.15, 0.2) is 45.9 Å². The summed E-state index contributed by atoms with van der Waals surface area (Å²) in [4.78, 5) is 20.2. The predicted octanol–water partition coefficient (Wildman–Crippen LogP) is 2.34. The molecule has 0 aliphatic carbocycles. The number of benzene rings is 1. The van der Waals surface area contributed by atoms with E-state index in [9.17, 15) is 4.79 Å². The number of aryl methyl sites for hydroxylation is 1. The van der Waals surface area contributed by atoms with Gasteiger partial charge in [0.05, 0.1) is 12.0 Å². The number of nitrogens with zero attached hydrogens (tertiary/aromatic N) is 4. The van der Waals surface area contributed by atoms with Gasteiger partial charge in [-0.2, -0.15) is 4.98 Å². The molecule has 6 nitrogen and oxygen atoms in total. The highest BCUT2D eigenvalue weighted by Gasteiger charge is 2.13. The largest absolute Gasteiger partial charge is 0.318 e. The zero-order chi connectivity index (χ0) is 14.6. The van der Waals surface area contributed by atoms with Crippen molar-refractivity contribution in [2.45, 2.75) is 0 Å². The van der Waals surface area contributed by atoms with Gasteiger partial charge in [0.2, 0.25) is 0 Å². The molecular weight excluding hydrogens is 334 g/mol.